The van der Waals surface area contributed by atoms with Crippen molar-refractivity contribution in [2.75, 3.05) is 0 Å². The average molecular weight is 601 g/mol. The van der Waals surface area contributed by atoms with Crippen molar-refractivity contribution >= 4 is 17.9 Å². The molecule has 2 bridgehead atoms. The highest BCUT2D eigenvalue weighted by Crippen LogP contribution is 2.72. The van der Waals surface area contributed by atoms with Crippen LogP contribution in [0.15, 0.2) is 0 Å². The lowest BCUT2D eigenvalue weighted by Gasteiger charge is -2.65. The van der Waals surface area contributed by atoms with Gasteiger partial charge in [-0.2, -0.15) is 0 Å². The van der Waals surface area contributed by atoms with Gasteiger partial charge in [0.15, 0.2) is 0 Å². The highest BCUT2D eigenvalue weighted by atomic mass is 16.7. The van der Waals surface area contributed by atoms with Gasteiger partial charge in [-0.25, -0.2) is 0 Å². The van der Waals surface area contributed by atoms with E-state index in [0.717, 1.165) is 70.6 Å². The van der Waals surface area contributed by atoms with E-state index in [1.54, 1.807) is 0 Å². The molecule has 4 aliphatic carbocycles. The van der Waals surface area contributed by atoms with Crippen molar-refractivity contribution in [3.8, 4) is 0 Å². The molecule has 1 spiro atoms. The number of carbonyl (C=O) groups excluding carboxylic acids is 3. The van der Waals surface area contributed by atoms with Crippen LogP contribution in [-0.4, -0.2) is 42.5 Å². The Hall–Kier alpha value is -1.63. The van der Waals surface area contributed by atoms with Crippen molar-refractivity contribution in [1.82, 2.24) is 0 Å². The monoisotopic (exact) mass is 600 g/mol. The number of fused-ring (bicyclic) bond motifs is 6. The Labute approximate surface area is 258 Å². The fourth-order valence-electron chi connectivity index (χ4n) is 11.6. The summed E-state index contributed by atoms with van der Waals surface area (Å²) in [4.78, 5) is 38.4. The summed E-state index contributed by atoms with van der Waals surface area (Å²) >= 11 is 0. The summed E-state index contributed by atoms with van der Waals surface area (Å²) in [5.74, 6) is 2.71. The third-order valence-electron chi connectivity index (χ3n) is 14.0. The molecule has 242 valence electrons. The molecule has 7 heteroatoms. The molecule has 7 fully saturated rings. The van der Waals surface area contributed by atoms with E-state index in [1.807, 2.05) is 13.8 Å². The molecule has 2 unspecified atom stereocenters. The predicted octanol–water partition coefficient (Wildman–Crippen LogP) is 7.10. The molecule has 7 aliphatic rings. The van der Waals surface area contributed by atoms with E-state index in [4.69, 9.17) is 18.9 Å². The predicted molar refractivity (Wildman–Crippen MR) is 161 cm³/mol. The highest BCUT2D eigenvalue weighted by Gasteiger charge is 2.72. The summed E-state index contributed by atoms with van der Waals surface area (Å²) in [6.07, 6.45) is 9.75. The number of ether oxygens (including phenoxy) is 4. The lowest BCUT2D eigenvalue weighted by Crippen LogP contribution is -2.67. The first-order valence-corrected chi connectivity index (χ1v) is 17.7. The molecule has 0 radical (unpaired) electrons. The number of hydrogen-bond acceptors (Lipinski definition) is 7. The van der Waals surface area contributed by atoms with E-state index >= 15 is 0 Å². The topological polar surface area (TPSA) is 88.1 Å². The molecule has 0 aromatic carbocycles. The summed E-state index contributed by atoms with van der Waals surface area (Å²) in [5, 5.41) is 0. The fraction of sp³-hybridized carbons (Fsp3) is 0.917. The van der Waals surface area contributed by atoms with Crippen LogP contribution in [0.4, 0.5) is 0 Å². The minimum Gasteiger partial charge on any atom is -0.459 e. The minimum absolute atomic E-state index is 0.0107. The van der Waals surface area contributed by atoms with Gasteiger partial charge in [0.2, 0.25) is 6.29 Å². The third kappa shape index (κ3) is 4.97. The van der Waals surface area contributed by atoms with Gasteiger partial charge < -0.3 is 18.9 Å². The fourth-order valence-corrected chi connectivity index (χ4v) is 11.6. The quantitative estimate of drug-likeness (QED) is 0.217. The van der Waals surface area contributed by atoms with Gasteiger partial charge in [-0.15, -0.1) is 0 Å². The van der Waals surface area contributed by atoms with Crippen molar-refractivity contribution in [2.45, 2.75) is 144 Å². The number of esters is 3. The molecular formula is C36H56O7. The summed E-state index contributed by atoms with van der Waals surface area (Å²) < 4.78 is 24.9. The first-order chi connectivity index (χ1) is 20.4. The Morgan fingerprint density at radius 3 is 2.37 bits per heavy atom. The lowest BCUT2D eigenvalue weighted by atomic mass is 9.43. The van der Waals surface area contributed by atoms with Crippen molar-refractivity contribution < 1.29 is 33.3 Å². The van der Waals surface area contributed by atoms with Crippen molar-refractivity contribution in [3.63, 3.8) is 0 Å². The molecule has 3 heterocycles. The Kier molecular flexibility index (Phi) is 8.48. The first-order valence-electron chi connectivity index (χ1n) is 17.7. The van der Waals surface area contributed by atoms with E-state index in [-0.39, 0.29) is 52.8 Å². The Morgan fingerprint density at radius 2 is 1.70 bits per heavy atom. The molecule has 7 rings (SSSR count). The van der Waals surface area contributed by atoms with Gasteiger partial charge in [0.1, 0.15) is 12.2 Å². The van der Waals surface area contributed by atoms with Crippen LogP contribution in [0, 0.1) is 64.1 Å². The summed E-state index contributed by atoms with van der Waals surface area (Å²) in [5.41, 5.74) is -0.0430. The number of hydrogen-bond donors (Lipinski definition) is 0. The molecular weight excluding hydrogens is 544 g/mol. The van der Waals surface area contributed by atoms with Crippen molar-refractivity contribution in [1.29, 1.82) is 0 Å². The van der Waals surface area contributed by atoms with Crippen LogP contribution in [0.3, 0.4) is 0 Å². The van der Waals surface area contributed by atoms with Gasteiger partial charge in [0.25, 0.3) is 0 Å². The van der Waals surface area contributed by atoms with E-state index in [0.29, 0.717) is 41.4 Å². The van der Waals surface area contributed by atoms with Crippen LogP contribution in [0.2, 0.25) is 0 Å². The zero-order valence-corrected chi connectivity index (χ0v) is 27.6. The van der Waals surface area contributed by atoms with Crippen LogP contribution >= 0.6 is 0 Å². The lowest BCUT2D eigenvalue weighted by molar-refractivity contribution is -0.339. The van der Waals surface area contributed by atoms with Crippen LogP contribution in [-0.2, 0) is 33.3 Å². The Bertz CT molecular complexity index is 1090. The van der Waals surface area contributed by atoms with E-state index < -0.39 is 12.4 Å². The van der Waals surface area contributed by atoms with Crippen LogP contribution in [0.1, 0.15) is 119 Å². The molecule has 4 saturated carbocycles. The maximum absolute atomic E-state index is 13.4. The van der Waals surface area contributed by atoms with E-state index in [2.05, 4.69) is 27.7 Å². The Morgan fingerprint density at radius 1 is 0.953 bits per heavy atom. The van der Waals surface area contributed by atoms with E-state index in [9.17, 15) is 14.4 Å². The normalized spacial score (nSPS) is 46.1. The van der Waals surface area contributed by atoms with Gasteiger partial charge >= 0.3 is 17.9 Å². The van der Waals surface area contributed by atoms with Gasteiger partial charge in [-0.3, -0.25) is 14.4 Å². The standard InChI is InChI=1S/C36H56O7/c1-8-20(5)32(38)41-28-17-23-10-11-24-25(35(23,7)18-30(28)40-21(6)37)14-15-36-26(24)12-13-27(36)31-29(16-22(9-2)19(3)4)42-34(36)43-33(31)39/h19-20,22-31,34H,8-18H2,1-7H3/t20?,22?,23-,24+,25-,26-,27+,28-,29+,30+,31+,34-,35-,36+/m0/s1. The van der Waals surface area contributed by atoms with Gasteiger partial charge in [0, 0.05) is 12.3 Å². The largest absolute Gasteiger partial charge is 0.459 e. The second kappa shape index (κ2) is 11.6. The molecule has 43 heavy (non-hydrogen) atoms. The average Bonchev–Trinajstić information content (AvgIpc) is 3.37. The third-order valence-corrected chi connectivity index (χ3v) is 14.0. The summed E-state index contributed by atoms with van der Waals surface area (Å²) in [6, 6.07) is 0. The van der Waals surface area contributed by atoms with Crippen LogP contribution in [0.25, 0.3) is 0 Å². The maximum atomic E-state index is 13.4. The van der Waals surface area contributed by atoms with Gasteiger partial charge in [0.05, 0.1) is 17.9 Å². The summed E-state index contributed by atoms with van der Waals surface area (Å²) in [7, 11) is 0. The molecule has 0 aromatic rings. The second-order valence-corrected chi connectivity index (χ2v) is 16.0. The Balaban J connectivity index is 1.23. The van der Waals surface area contributed by atoms with Gasteiger partial charge in [-0.05, 0) is 111 Å². The minimum atomic E-state index is -0.409. The maximum Gasteiger partial charge on any atom is 0.314 e. The zero-order chi connectivity index (χ0) is 30.8. The molecule has 3 saturated heterocycles. The molecule has 0 amide bonds. The SMILES string of the molecule is CCC(C)C(=O)O[C@H]1C[C@@H]2CC[C@@H]3[C@H](CC[C@]45[C@@H]6OC(=O)[C@H]([C@H]4CC[C@@H]35)[C@@H](CC(CC)C(C)C)O6)[C@@]2(C)C[C@H]1OC(C)=O. The molecule has 7 nitrogen and oxygen atoms in total. The van der Waals surface area contributed by atoms with Gasteiger partial charge in [-0.1, -0.05) is 48.0 Å². The second-order valence-electron chi connectivity index (χ2n) is 16.0. The molecule has 3 aliphatic heterocycles. The van der Waals surface area contributed by atoms with Crippen LogP contribution in [0.5, 0.6) is 0 Å². The number of rotatable bonds is 8. The first kappa shape index (κ1) is 31.4. The van der Waals surface area contributed by atoms with Crippen LogP contribution < -0.4 is 0 Å². The van der Waals surface area contributed by atoms with Crippen molar-refractivity contribution in [2.24, 2.45) is 64.1 Å². The number of carbonyl (C=O) groups is 3. The van der Waals surface area contributed by atoms with Crippen molar-refractivity contribution in [3.05, 3.63) is 0 Å². The highest BCUT2D eigenvalue weighted by molar-refractivity contribution is 5.76. The zero-order valence-electron chi connectivity index (χ0n) is 27.6. The molecule has 0 aromatic heterocycles. The molecule has 0 N–H and O–H groups in total. The molecule has 14 atom stereocenters. The summed E-state index contributed by atoms with van der Waals surface area (Å²) in [6.45, 7) is 14.6. The van der Waals surface area contributed by atoms with E-state index in [1.165, 1.54) is 6.92 Å². The smallest absolute Gasteiger partial charge is 0.314 e.